The molecule has 0 amide bonds. The molecule has 1 fully saturated rings. The first-order chi connectivity index (χ1) is 16.3. The number of nitrogens with zero attached hydrogens (tertiary/aromatic N) is 2. The van der Waals surface area contributed by atoms with Gasteiger partial charge in [0.15, 0.2) is 0 Å². The zero-order chi connectivity index (χ0) is 24.0. The van der Waals surface area contributed by atoms with Crippen LogP contribution in [0.1, 0.15) is 30.4 Å². The summed E-state index contributed by atoms with van der Waals surface area (Å²) in [4.78, 5) is 17.9. The summed E-state index contributed by atoms with van der Waals surface area (Å²) in [5.41, 5.74) is 2.41. The topological polar surface area (TPSA) is 103 Å². The van der Waals surface area contributed by atoms with Crippen molar-refractivity contribution in [2.45, 2.75) is 49.8 Å². The highest BCUT2D eigenvalue weighted by atomic mass is 32.2. The monoisotopic (exact) mass is 483 g/mol. The number of likely N-dealkylation sites (N-methyl/N-ethyl adjacent to an activating group) is 1. The maximum atomic E-state index is 13.9. The number of para-hydroxylation sites is 1. The van der Waals surface area contributed by atoms with E-state index in [1.807, 2.05) is 37.1 Å². The highest BCUT2D eigenvalue weighted by Gasteiger charge is 2.39. The van der Waals surface area contributed by atoms with Crippen molar-refractivity contribution in [1.29, 1.82) is 0 Å². The van der Waals surface area contributed by atoms with E-state index in [1.165, 1.54) is 10.4 Å². The third-order valence-corrected chi connectivity index (χ3v) is 8.80. The number of ether oxygens (including phenoxy) is 1. The maximum absolute atomic E-state index is 13.9. The van der Waals surface area contributed by atoms with Crippen LogP contribution in [-0.2, 0) is 16.6 Å². The van der Waals surface area contributed by atoms with Gasteiger partial charge in [-0.1, -0.05) is 18.2 Å². The van der Waals surface area contributed by atoms with Crippen LogP contribution in [0.25, 0.3) is 10.9 Å². The van der Waals surface area contributed by atoms with E-state index in [0.717, 1.165) is 22.9 Å². The first kappa shape index (κ1) is 22.9. The van der Waals surface area contributed by atoms with Gasteiger partial charge < -0.3 is 19.7 Å². The number of aromatic nitrogens is 1. The summed E-state index contributed by atoms with van der Waals surface area (Å²) in [5, 5.41) is 11.5. The lowest BCUT2D eigenvalue weighted by Crippen LogP contribution is -2.44. The minimum absolute atomic E-state index is 0.118. The number of aromatic amines is 1. The smallest absolute Gasteiger partial charge is 0.252 e. The van der Waals surface area contributed by atoms with Gasteiger partial charge in [0.2, 0.25) is 10.0 Å². The lowest BCUT2D eigenvalue weighted by atomic mass is 10.1. The standard InChI is InChI=1S/C25H29N3O5S/c1-16-5-3-6-17-13-18(25(30)26-24(16)17)15-28(20-7-4-8-22(20)29)34(31,32)19-9-10-23-21(14-19)27(2)11-12-33-23/h3,5-6,9-10,13-14,20,22,29H,4,7-8,11-12,15H2,1-2H3,(H,26,30)/t20-,22-/m1/s1. The summed E-state index contributed by atoms with van der Waals surface area (Å²) in [7, 11) is -2.12. The first-order valence-corrected chi connectivity index (χ1v) is 13.0. The van der Waals surface area contributed by atoms with E-state index in [4.69, 9.17) is 4.74 Å². The molecule has 0 radical (unpaired) electrons. The van der Waals surface area contributed by atoms with Crippen molar-refractivity contribution in [3.63, 3.8) is 0 Å². The number of fused-ring (bicyclic) bond motifs is 2. The van der Waals surface area contributed by atoms with Crippen LogP contribution in [0.2, 0.25) is 0 Å². The molecule has 0 unspecified atom stereocenters. The zero-order valence-electron chi connectivity index (χ0n) is 19.3. The van der Waals surface area contributed by atoms with Crippen LogP contribution in [0, 0.1) is 6.92 Å². The summed E-state index contributed by atoms with van der Waals surface area (Å²) in [6.07, 6.45) is 1.02. The van der Waals surface area contributed by atoms with Crippen molar-refractivity contribution < 1.29 is 18.3 Å². The highest BCUT2D eigenvalue weighted by Crippen LogP contribution is 2.36. The fourth-order valence-corrected chi connectivity index (χ4v) is 6.66. The average Bonchev–Trinajstić information content (AvgIpc) is 3.23. The minimum atomic E-state index is -4.01. The minimum Gasteiger partial charge on any atom is -0.490 e. The molecule has 2 atom stereocenters. The molecule has 1 aliphatic carbocycles. The van der Waals surface area contributed by atoms with Crippen molar-refractivity contribution in [3.8, 4) is 5.75 Å². The second-order valence-electron chi connectivity index (χ2n) is 9.18. The third-order valence-electron chi connectivity index (χ3n) is 6.94. The number of aryl methyl sites for hydroxylation is 1. The molecule has 3 aromatic rings. The summed E-state index contributed by atoms with van der Waals surface area (Å²) in [6, 6.07) is 11.7. The molecule has 1 saturated carbocycles. The number of hydrogen-bond donors (Lipinski definition) is 2. The Labute approximate surface area is 198 Å². The second-order valence-corrected chi connectivity index (χ2v) is 11.1. The number of benzene rings is 2. The van der Waals surface area contributed by atoms with Crippen LogP contribution in [0.3, 0.4) is 0 Å². The normalized spacial score (nSPS) is 20.5. The molecule has 5 rings (SSSR count). The van der Waals surface area contributed by atoms with Crippen molar-refractivity contribution in [3.05, 3.63) is 63.9 Å². The van der Waals surface area contributed by atoms with Gasteiger partial charge >= 0.3 is 0 Å². The summed E-state index contributed by atoms with van der Waals surface area (Å²) < 4.78 is 34.8. The van der Waals surface area contributed by atoms with Gasteiger partial charge in [0.25, 0.3) is 5.56 Å². The van der Waals surface area contributed by atoms with E-state index in [2.05, 4.69) is 4.98 Å². The van der Waals surface area contributed by atoms with Gasteiger partial charge in [0.05, 0.1) is 34.8 Å². The average molecular weight is 484 g/mol. The molecule has 2 heterocycles. The van der Waals surface area contributed by atoms with Gasteiger partial charge in [-0.3, -0.25) is 4.79 Å². The summed E-state index contributed by atoms with van der Waals surface area (Å²) in [5.74, 6) is 0.640. The fourth-order valence-electron chi connectivity index (χ4n) is 4.98. The Kier molecular flexibility index (Phi) is 5.87. The number of sulfonamides is 1. The predicted octanol–water partition coefficient (Wildman–Crippen LogP) is 2.77. The van der Waals surface area contributed by atoms with Crippen molar-refractivity contribution >= 4 is 26.6 Å². The number of H-pyrrole nitrogens is 1. The van der Waals surface area contributed by atoms with Crippen LogP contribution in [-0.4, -0.2) is 55.2 Å². The molecule has 0 bridgehead atoms. The van der Waals surface area contributed by atoms with Crippen LogP contribution in [0.4, 0.5) is 5.69 Å². The molecule has 2 aliphatic rings. The van der Waals surface area contributed by atoms with Crippen LogP contribution in [0.5, 0.6) is 5.75 Å². The van der Waals surface area contributed by atoms with Crippen LogP contribution in [0.15, 0.2) is 52.2 Å². The van der Waals surface area contributed by atoms with Gasteiger partial charge in [-0.05, 0) is 61.4 Å². The van der Waals surface area contributed by atoms with Gasteiger partial charge in [-0.2, -0.15) is 4.31 Å². The third kappa shape index (κ3) is 3.97. The highest BCUT2D eigenvalue weighted by molar-refractivity contribution is 7.89. The lowest BCUT2D eigenvalue weighted by Gasteiger charge is -2.32. The fraction of sp³-hybridized carbons (Fsp3) is 0.400. The Morgan fingerprint density at radius 2 is 2.03 bits per heavy atom. The molecule has 2 aromatic carbocycles. The van der Waals surface area contributed by atoms with Gasteiger partial charge in [0.1, 0.15) is 12.4 Å². The van der Waals surface area contributed by atoms with E-state index in [9.17, 15) is 18.3 Å². The molecule has 8 nitrogen and oxygen atoms in total. The SMILES string of the molecule is Cc1cccc2cc(CN([C@@H]3CCC[C@H]3O)S(=O)(=O)c3ccc4c(c3)N(C)CCO4)c(=O)[nH]c12. The van der Waals surface area contributed by atoms with Gasteiger partial charge in [0, 0.05) is 19.2 Å². The van der Waals surface area contributed by atoms with Crippen molar-refractivity contribution in [2.24, 2.45) is 0 Å². The molecule has 1 aliphatic heterocycles. The van der Waals surface area contributed by atoms with E-state index in [-0.39, 0.29) is 17.0 Å². The summed E-state index contributed by atoms with van der Waals surface area (Å²) >= 11 is 0. The number of aliphatic hydroxyl groups excluding tert-OH is 1. The second kappa shape index (κ2) is 8.72. The molecule has 34 heavy (non-hydrogen) atoms. The molecule has 0 saturated heterocycles. The Hall–Kier alpha value is -2.88. The quantitative estimate of drug-likeness (QED) is 0.579. The first-order valence-electron chi connectivity index (χ1n) is 11.5. The Bertz CT molecular complexity index is 1400. The number of anilines is 1. The molecule has 0 spiro atoms. The Balaban J connectivity index is 1.59. The number of rotatable bonds is 5. The molecule has 2 N–H and O–H groups in total. The Morgan fingerprint density at radius 3 is 2.79 bits per heavy atom. The predicted molar refractivity (Wildman–Crippen MR) is 131 cm³/mol. The van der Waals surface area contributed by atoms with E-state index < -0.39 is 22.2 Å². The summed E-state index contributed by atoms with van der Waals surface area (Å²) in [6.45, 7) is 3.00. The van der Waals surface area contributed by atoms with Crippen LogP contribution >= 0.6 is 0 Å². The van der Waals surface area contributed by atoms with Crippen molar-refractivity contribution in [1.82, 2.24) is 9.29 Å². The molecular weight excluding hydrogens is 454 g/mol. The van der Waals surface area contributed by atoms with Gasteiger partial charge in [-0.15, -0.1) is 0 Å². The zero-order valence-corrected chi connectivity index (χ0v) is 20.1. The van der Waals surface area contributed by atoms with E-state index in [1.54, 1.807) is 18.2 Å². The van der Waals surface area contributed by atoms with Crippen LogP contribution < -0.4 is 15.2 Å². The number of aliphatic hydroxyl groups is 1. The molecule has 1 aromatic heterocycles. The molecule has 180 valence electrons. The largest absolute Gasteiger partial charge is 0.490 e. The number of hydrogen-bond acceptors (Lipinski definition) is 6. The van der Waals surface area contributed by atoms with Crippen molar-refractivity contribution in [2.75, 3.05) is 25.1 Å². The molecule has 9 heteroatoms. The van der Waals surface area contributed by atoms with E-state index in [0.29, 0.717) is 43.0 Å². The number of nitrogens with one attached hydrogen (secondary N) is 1. The van der Waals surface area contributed by atoms with Gasteiger partial charge in [-0.25, -0.2) is 8.42 Å². The van der Waals surface area contributed by atoms with E-state index >= 15 is 0 Å². The lowest BCUT2D eigenvalue weighted by molar-refractivity contribution is 0.110. The maximum Gasteiger partial charge on any atom is 0.252 e. The Morgan fingerprint density at radius 1 is 1.21 bits per heavy atom. The number of pyridine rings is 1. The molecular formula is C25H29N3O5S.